The Morgan fingerprint density at radius 1 is 1.38 bits per heavy atom. The zero-order valence-corrected chi connectivity index (χ0v) is 8.38. The van der Waals surface area contributed by atoms with Crippen LogP contribution in [0.1, 0.15) is 5.56 Å². The van der Waals surface area contributed by atoms with Crippen LogP contribution < -0.4 is 11.1 Å². The lowest BCUT2D eigenvalue weighted by molar-refractivity contribution is -0.138. The van der Waals surface area contributed by atoms with Gasteiger partial charge in [0.2, 0.25) is 0 Å². The molecule has 6 heteroatoms. The van der Waals surface area contributed by atoms with Crippen molar-refractivity contribution in [3.63, 3.8) is 0 Å². The Kier molecular flexibility index (Phi) is 3.84. The summed E-state index contributed by atoms with van der Waals surface area (Å²) in [5, 5.41) is 19.3. The lowest BCUT2D eigenvalue weighted by Gasteiger charge is -2.08. The highest BCUT2D eigenvalue weighted by Gasteiger charge is 2.12. The zero-order chi connectivity index (χ0) is 12.1. The molecule has 0 fully saturated rings. The van der Waals surface area contributed by atoms with Crippen LogP contribution in [0.3, 0.4) is 0 Å². The first-order valence-corrected chi connectivity index (χ1v) is 4.56. The van der Waals surface area contributed by atoms with Crippen molar-refractivity contribution in [2.75, 3.05) is 5.32 Å². The first kappa shape index (κ1) is 12.0. The molecule has 0 spiro atoms. The monoisotopic (exact) mass is 224 g/mol. The van der Waals surface area contributed by atoms with Gasteiger partial charge in [-0.25, -0.2) is 4.79 Å². The van der Waals surface area contributed by atoms with E-state index in [4.69, 9.17) is 15.9 Å². The second kappa shape index (κ2) is 5.13. The highest BCUT2D eigenvalue weighted by Crippen LogP contribution is 2.11. The Hall–Kier alpha value is -2.08. The summed E-state index contributed by atoms with van der Waals surface area (Å²) in [6, 6.07) is 5.46. The number of anilines is 1. The summed E-state index contributed by atoms with van der Waals surface area (Å²) >= 11 is 0. The van der Waals surface area contributed by atoms with Gasteiger partial charge in [0.15, 0.2) is 0 Å². The van der Waals surface area contributed by atoms with Gasteiger partial charge in [-0.2, -0.15) is 0 Å². The largest absolute Gasteiger partial charge is 0.480 e. The molecule has 16 heavy (non-hydrogen) atoms. The first-order chi connectivity index (χ1) is 7.49. The van der Waals surface area contributed by atoms with Crippen molar-refractivity contribution in [3.8, 4) is 0 Å². The summed E-state index contributed by atoms with van der Waals surface area (Å²) in [6.07, 6.45) is -1.01. The number of rotatable bonds is 4. The van der Waals surface area contributed by atoms with Crippen LogP contribution in [0.15, 0.2) is 24.3 Å². The van der Waals surface area contributed by atoms with E-state index in [9.17, 15) is 9.59 Å². The van der Waals surface area contributed by atoms with Gasteiger partial charge >= 0.3 is 12.1 Å². The Morgan fingerprint density at radius 3 is 2.62 bits per heavy atom. The number of benzene rings is 1. The minimum absolute atomic E-state index is 0.157. The van der Waals surface area contributed by atoms with Crippen molar-refractivity contribution in [2.24, 2.45) is 5.73 Å². The maximum atomic E-state index is 10.5. The van der Waals surface area contributed by atoms with Gasteiger partial charge in [-0.3, -0.25) is 10.1 Å². The molecule has 0 aliphatic rings. The number of carboxylic acids is 1. The highest BCUT2D eigenvalue weighted by molar-refractivity contribution is 5.83. The molecule has 1 atom stereocenters. The number of hydrogen-bond acceptors (Lipinski definition) is 3. The fraction of sp³-hybridized carbons (Fsp3) is 0.200. The molecule has 0 aromatic heterocycles. The molecule has 0 saturated carbocycles. The Balaban J connectivity index is 2.74. The molecule has 1 amide bonds. The number of aliphatic carboxylic acids is 1. The Labute approximate surface area is 91.7 Å². The van der Waals surface area contributed by atoms with Crippen molar-refractivity contribution in [3.05, 3.63) is 29.8 Å². The normalized spacial score (nSPS) is 11.8. The second-order valence-electron chi connectivity index (χ2n) is 3.28. The molecular weight excluding hydrogens is 212 g/mol. The smallest absolute Gasteiger partial charge is 0.409 e. The van der Waals surface area contributed by atoms with Gasteiger partial charge in [0.25, 0.3) is 0 Å². The highest BCUT2D eigenvalue weighted by atomic mass is 16.4. The van der Waals surface area contributed by atoms with Crippen LogP contribution in [0.2, 0.25) is 0 Å². The Morgan fingerprint density at radius 2 is 2.06 bits per heavy atom. The summed E-state index contributed by atoms with van der Waals surface area (Å²) < 4.78 is 0. The summed E-state index contributed by atoms with van der Waals surface area (Å²) in [7, 11) is 0. The van der Waals surface area contributed by atoms with E-state index >= 15 is 0 Å². The van der Waals surface area contributed by atoms with Crippen LogP contribution in [-0.2, 0) is 11.2 Å². The molecule has 0 unspecified atom stereocenters. The van der Waals surface area contributed by atoms with E-state index in [1.165, 1.54) is 0 Å². The van der Waals surface area contributed by atoms with Crippen LogP contribution in [-0.4, -0.2) is 28.3 Å². The van der Waals surface area contributed by atoms with Crippen molar-refractivity contribution >= 4 is 17.7 Å². The quantitative estimate of drug-likeness (QED) is 0.602. The van der Waals surface area contributed by atoms with E-state index in [-0.39, 0.29) is 6.42 Å². The van der Waals surface area contributed by atoms with Gasteiger partial charge in [-0.05, 0) is 24.1 Å². The molecule has 0 bridgehead atoms. The van der Waals surface area contributed by atoms with E-state index in [2.05, 4.69) is 5.32 Å². The molecule has 0 aliphatic carbocycles. The van der Waals surface area contributed by atoms with Crippen LogP contribution in [0.25, 0.3) is 0 Å². The molecule has 1 aromatic rings. The van der Waals surface area contributed by atoms with Gasteiger partial charge < -0.3 is 15.9 Å². The first-order valence-electron chi connectivity index (χ1n) is 4.56. The predicted octanol–water partition coefficient (Wildman–Crippen LogP) is 0.731. The lowest BCUT2D eigenvalue weighted by atomic mass is 10.1. The number of nitrogens with one attached hydrogen (secondary N) is 1. The minimum Gasteiger partial charge on any atom is -0.480 e. The van der Waals surface area contributed by atoms with Crippen LogP contribution >= 0.6 is 0 Å². The average Bonchev–Trinajstić information content (AvgIpc) is 2.16. The van der Waals surface area contributed by atoms with Crippen molar-refractivity contribution in [1.29, 1.82) is 0 Å². The van der Waals surface area contributed by atoms with E-state index in [0.717, 1.165) is 0 Å². The SMILES string of the molecule is N[C@@H](Cc1cccc(NC(=O)O)c1)C(=O)O. The number of carbonyl (C=O) groups is 2. The third-order valence-corrected chi connectivity index (χ3v) is 1.95. The summed E-state index contributed by atoms with van der Waals surface area (Å²) in [5.74, 6) is -1.09. The van der Waals surface area contributed by atoms with Crippen LogP contribution in [0.5, 0.6) is 0 Å². The molecule has 5 N–H and O–H groups in total. The molecule has 0 radical (unpaired) electrons. The fourth-order valence-electron chi connectivity index (χ4n) is 1.24. The maximum absolute atomic E-state index is 10.5. The van der Waals surface area contributed by atoms with E-state index in [1.807, 2.05) is 0 Å². The number of amides is 1. The van der Waals surface area contributed by atoms with E-state index in [0.29, 0.717) is 11.3 Å². The Bertz CT molecular complexity index is 406. The number of nitrogens with two attached hydrogens (primary N) is 1. The number of carboxylic acid groups (broad SMARTS) is 2. The van der Waals surface area contributed by atoms with Gasteiger partial charge in [-0.1, -0.05) is 12.1 Å². The van der Waals surface area contributed by atoms with Crippen molar-refractivity contribution in [2.45, 2.75) is 12.5 Å². The third kappa shape index (κ3) is 3.58. The molecular formula is C10H12N2O4. The lowest BCUT2D eigenvalue weighted by Crippen LogP contribution is -2.32. The van der Waals surface area contributed by atoms with Crippen LogP contribution in [0.4, 0.5) is 10.5 Å². The van der Waals surface area contributed by atoms with Crippen LogP contribution in [0, 0.1) is 0 Å². The predicted molar refractivity (Wildman–Crippen MR) is 57.4 cm³/mol. The minimum atomic E-state index is -1.17. The van der Waals surface area contributed by atoms with E-state index in [1.54, 1.807) is 24.3 Å². The van der Waals surface area contributed by atoms with Crippen molar-refractivity contribution < 1.29 is 19.8 Å². The van der Waals surface area contributed by atoms with Gasteiger partial charge in [0.05, 0.1) is 0 Å². The second-order valence-corrected chi connectivity index (χ2v) is 3.28. The summed E-state index contributed by atoms with van der Waals surface area (Å²) in [5.41, 5.74) is 6.42. The molecule has 1 aromatic carbocycles. The molecule has 1 rings (SSSR count). The van der Waals surface area contributed by atoms with Gasteiger partial charge in [0.1, 0.15) is 6.04 Å². The molecule has 0 aliphatic heterocycles. The standard InChI is InChI=1S/C10H12N2O4/c11-8(9(13)14)5-6-2-1-3-7(4-6)12-10(15)16/h1-4,8,12H,5,11H2,(H,13,14)(H,15,16)/t8-/m0/s1. The molecule has 0 saturated heterocycles. The third-order valence-electron chi connectivity index (χ3n) is 1.95. The number of hydrogen-bond donors (Lipinski definition) is 4. The van der Waals surface area contributed by atoms with E-state index < -0.39 is 18.1 Å². The molecule has 86 valence electrons. The summed E-state index contributed by atoms with van der Waals surface area (Å²) in [4.78, 5) is 20.9. The topological polar surface area (TPSA) is 113 Å². The van der Waals surface area contributed by atoms with Crippen molar-refractivity contribution in [1.82, 2.24) is 0 Å². The van der Waals surface area contributed by atoms with Gasteiger partial charge in [-0.15, -0.1) is 0 Å². The average molecular weight is 224 g/mol. The zero-order valence-electron chi connectivity index (χ0n) is 8.38. The summed E-state index contributed by atoms with van der Waals surface area (Å²) in [6.45, 7) is 0. The molecule has 6 nitrogen and oxygen atoms in total. The molecule has 0 heterocycles. The van der Waals surface area contributed by atoms with Gasteiger partial charge in [0, 0.05) is 5.69 Å². The fourth-order valence-corrected chi connectivity index (χ4v) is 1.24. The maximum Gasteiger partial charge on any atom is 0.409 e.